The molecule has 2 aromatic carbocycles. The van der Waals surface area contributed by atoms with E-state index in [0.29, 0.717) is 27.4 Å². The first-order chi connectivity index (χ1) is 14.4. The zero-order valence-electron chi connectivity index (χ0n) is 15.8. The van der Waals surface area contributed by atoms with Crippen molar-refractivity contribution in [1.29, 1.82) is 0 Å². The van der Waals surface area contributed by atoms with Gasteiger partial charge in [0.05, 0.1) is 22.8 Å². The lowest BCUT2D eigenvalue weighted by Crippen LogP contribution is -2.63. The number of ether oxygens (including phenoxy) is 1. The van der Waals surface area contributed by atoms with E-state index in [0.717, 1.165) is 5.56 Å². The number of rotatable bonds is 3. The summed E-state index contributed by atoms with van der Waals surface area (Å²) in [6.45, 7) is 0.0847. The first-order valence-electron chi connectivity index (χ1n) is 9.27. The van der Waals surface area contributed by atoms with Gasteiger partial charge in [0.15, 0.2) is 18.0 Å². The summed E-state index contributed by atoms with van der Waals surface area (Å²) < 4.78 is 5.87. The zero-order valence-corrected chi connectivity index (χ0v) is 17.3. The van der Waals surface area contributed by atoms with Crippen molar-refractivity contribution in [3.63, 3.8) is 0 Å². The predicted molar refractivity (Wildman–Crippen MR) is 113 cm³/mol. The number of hydrogen-bond donors (Lipinski definition) is 0. The summed E-state index contributed by atoms with van der Waals surface area (Å²) in [5.74, 6) is 0.262. The highest BCUT2D eigenvalue weighted by Crippen LogP contribution is 2.35. The Morgan fingerprint density at radius 1 is 1.07 bits per heavy atom. The molecule has 5 rings (SSSR count). The number of hydrogen-bond acceptors (Lipinski definition) is 5. The van der Waals surface area contributed by atoms with Crippen LogP contribution in [0.15, 0.2) is 59.7 Å². The molecule has 0 aromatic heterocycles. The van der Waals surface area contributed by atoms with E-state index in [-0.39, 0.29) is 12.5 Å². The molecule has 2 aromatic rings. The summed E-state index contributed by atoms with van der Waals surface area (Å²) in [7, 11) is 1.63. The molecule has 2 unspecified atom stereocenters. The minimum atomic E-state index is -0.688. The van der Waals surface area contributed by atoms with Gasteiger partial charge in [-0.3, -0.25) is 14.6 Å². The molecule has 2 atom stereocenters. The Morgan fingerprint density at radius 2 is 1.83 bits per heavy atom. The second-order valence-electron chi connectivity index (χ2n) is 7.21. The van der Waals surface area contributed by atoms with Gasteiger partial charge < -0.3 is 9.64 Å². The number of halogens is 2. The van der Waals surface area contributed by atoms with Gasteiger partial charge >= 0.3 is 6.03 Å². The maximum Gasteiger partial charge on any atom is 0.328 e. The van der Waals surface area contributed by atoms with Crippen LogP contribution in [0.3, 0.4) is 0 Å². The number of carbonyl (C=O) groups is 2. The summed E-state index contributed by atoms with van der Waals surface area (Å²) in [4.78, 5) is 35.0. The topological polar surface area (TPSA) is 65.5 Å². The fraction of sp³-hybridized carbons (Fsp3) is 0.190. The van der Waals surface area contributed by atoms with Crippen LogP contribution < -0.4 is 0 Å². The van der Waals surface area contributed by atoms with Crippen molar-refractivity contribution >= 4 is 46.9 Å². The Morgan fingerprint density at radius 3 is 2.57 bits per heavy atom. The highest BCUT2D eigenvalue weighted by atomic mass is 35.5. The third-order valence-electron chi connectivity index (χ3n) is 5.33. The Labute approximate surface area is 182 Å². The lowest BCUT2D eigenvalue weighted by molar-refractivity contribution is -0.137. The molecule has 3 heterocycles. The number of aliphatic imine (C=N–C) groups is 1. The average Bonchev–Trinajstić information content (AvgIpc) is 3.31. The molecule has 0 bridgehead atoms. The van der Waals surface area contributed by atoms with E-state index in [4.69, 9.17) is 27.9 Å². The monoisotopic (exact) mass is 442 g/mol. The molecule has 9 heteroatoms. The highest BCUT2D eigenvalue weighted by Gasteiger charge is 2.54. The van der Waals surface area contributed by atoms with Crippen LogP contribution in [0.1, 0.15) is 11.1 Å². The molecule has 0 spiro atoms. The van der Waals surface area contributed by atoms with E-state index >= 15 is 0 Å². The lowest BCUT2D eigenvalue weighted by atomic mass is 10.1. The molecule has 3 aliphatic heterocycles. The number of carbonyl (C=O) groups excluding carboxylic acids is 2. The van der Waals surface area contributed by atoms with Crippen molar-refractivity contribution in [1.82, 2.24) is 14.7 Å². The van der Waals surface area contributed by atoms with Crippen LogP contribution in [0.5, 0.6) is 0 Å². The number of likely N-dealkylation sites (N-methyl/N-ethyl adjacent to an activating group) is 1. The van der Waals surface area contributed by atoms with E-state index in [2.05, 4.69) is 4.99 Å². The van der Waals surface area contributed by atoms with E-state index in [1.807, 2.05) is 30.3 Å². The summed E-state index contributed by atoms with van der Waals surface area (Å²) in [5.41, 5.74) is 1.58. The minimum Gasteiger partial charge on any atom is -0.423 e. The van der Waals surface area contributed by atoms with Gasteiger partial charge in [0.1, 0.15) is 0 Å². The smallest absolute Gasteiger partial charge is 0.328 e. The maximum absolute atomic E-state index is 13.3. The molecule has 3 amide bonds. The van der Waals surface area contributed by atoms with Crippen molar-refractivity contribution in [2.24, 2.45) is 4.99 Å². The molecule has 1 fully saturated rings. The second-order valence-corrected chi connectivity index (χ2v) is 8.02. The van der Waals surface area contributed by atoms with E-state index in [1.165, 1.54) is 9.80 Å². The van der Waals surface area contributed by atoms with E-state index < -0.39 is 18.2 Å². The fourth-order valence-corrected chi connectivity index (χ4v) is 4.10. The summed E-state index contributed by atoms with van der Waals surface area (Å²) in [5, 5.41) is 0.780. The van der Waals surface area contributed by atoms with Crippen molar-refractivity contribution < 1.29 is 14.3 Å². The molecule has 7 nitrogen and oxygen atoms in total. The summed E-state index contributed by atoms with van der Waals surface area (Å²) >= 11 is 12.1. The van der Waals surface area contributed by atoms with Crippen LogP contribution in [0, 0.1) is 0 Å². The maximum atomic E-state index is 13.3. The van der Waals surface area contributed by atoms with Gasteiger partial charge in [-0.2, -0.15) is 0 Å². The number of fused-ring (bicyclic) bond motifs is 3. The normalized spacial score (nSPS) is 22.6. The molecule has 0 saturated carbocycles. The number of imide groups is 1. The third-order valence-corrected chi connectivity index (χ3v) is 6.07. The van der Waals surface area contributed by atoms with Crippen LogP contribution in [0.2, 0.25) is 10.0 Å². The van der Waals surface area contributed by atoms with Gasteiger partial charge in [-0.15, -0.1) is 0 Å². The molecule has 1 saturated heterocycles. The van der Waals surface area contributed by atoms with Crippen molar-refractivity contribution in [3.05, 3.63) is 75.9 Å². The van der Waals surface area contributed by atoms with E-state index in [1.54, 1.807) is 36.3 Å². The number of benzene rings is 2. The van der Waals surface area contributed by atoms with Crippen molar-refractivity contribution in [2.75, 3.05) is 7.05 Å². The number of amides is 3. The summed E-state index contributed by atoms with van der Waals surface area (Å²) in [6, 6.07) is 13.8. The first kappa shape index (κ1) is 19.0. The Hall–Kier alpha value is -3.03. The fourth-order valence-electron chi connectivity index (χ4n) is 3.78. The van der Waals surface area contributed by atoms with Crippen LogP contribution in [-0.2, 0) is 16.1 Å². The van der Waals surface area contributed by atoms with Crippen LogP contribution >= 0.6 is 23.2 Å². The van der Waals surface area contributed by atoms with Gasteiger partial charge in [-0.25, -0.2) is 9.79 Å². The second kappa shape index (κ2) is 7.04. The molecular formula is C21H16Cl2N4O3. The predicted octanol–water partition coefficient (Wildman–Crippen LogP) is 3.78. The largest absolute Gasteiger partial charge is 0.423 e. The highest BCUT2D eigenvalue weighted by molar-refractivity contribution is 6.42. The lowest BCUT2D eigenvalue weighted by Gasteiger charge is -2.39. The molecule has 0 N–H and O–H groups in total. The van der Waals surface area contributed by atoms with Crippen molar-refractivity contribution in [2.45, 2.75) is 18.8 Å². The summed E-state index contributed by atoms with van der Waals surface area (Å²) in [6.07, 6.45) is 1.12. The standard InChI is InChI=1S/C21H16Cl2N4O3/c1-25-18-17(26-11-16(30-20(26)24-18)13-5-3-2-4-6-13)19(28)27(21(25)29)10-12-7-8-14(22)15(23)9-12/h2-9,11,17-18H,10H2,1H3. The molecule has 152 valence electrons. The Bertz CT molecular complexity index is 1120. The molecule has 0 aliphatic carbocycles. The Kier molecular flexibility index (Phi) is 4.45. The van der Waals surface area contributed by atoms with Crippen molar-refractivity contribution in [3.8, 4) is 0 Å². The quantitative estimate of drug-likeness (QED) is 0.725. The average molecular weight is 443 g/mol. The number of nitrogens with zero attached hydrogens (tertiary/aromatic N) is 4. The first-order valence-corrected chi connectivity index (χ1v) is 10.0. The molecule has 3 aliphatic rings. The number of amidine groups is 1. The van der Waals surface area contributed by atoms with E-state index in [9.17, 15) is 9.59 Å². The Balaban J connectivity index is 1.44. The van der Waals surface area contributed by atoms with Gasteiger partial charge in [0, 0.05) is 12.6 Å². The minimum absolute atomic E-state index is 0.0847. The third kappa shape index (κ3) is 2.93. The van der Waals surface area contributed by atoms with Gasteiger partial charge in [0.2, 0.25) is 0 Å². The molecular weight excluding hydrogens is 427 g/mol. The van der Waals surface area contributed by atoms with Gasteiger partial charge in [-0.1, -0.05) is 59.6 Å². The SMILES string of the molecule is CN1C(=O)N(Cc2ccc(Cl)c(Cl)c2)C(=O)C2C1N=C1OC(c3ccccc3)=CN12. The molecule has 0 radical (unpaired) electrons. The van der Waals surface area contributed by atoms with Gasteiger partial charge in [-0.05, 0) is 17.7 Å². The number of urea groups is 1. The van der Waals surface area contributed by atoms with Crippen LogP contribution in [0.25, 0.3) is 5.76 Å². The van der Waals surface area contributed by atoms with Crippen LogP contribution in [0.4, 0.5) is 4.79 Å². The van der Waals surface area contributed by atoms with Crippen LogP contribution in [-0.4, -0.2) is 51.9 Å². The zero-order chi connectivity index (χ0) is 21.0. The molecule has 30 heavy (non-hydrogen) atoms. The van der Waals surface area contributed by atoms with Gasteiger partial charge in [0.25, 0.3) is 11.9 Å².